The molecule has 84 valence electrons. The highest BCUT2D eigenvalue weighted by Gasteiger charge is 2.04. The molecule has 0 fully saturated rings. The Morgan fingerprint density at radius 3 is 2.88 bits per heavy atom. The fourth-order valence-corrected chi connectivity index (χ4v) is 1.63. The van der Waals surface area contributed by atoms with Gasteiger partial charge in [-0.3, -0.25) is 0 Å². The number of phenols is 1. The highest BCUT2D eigenvalue weighted by molar-refractivity contribution is 6.32. The van der Waals surface area contributed by atoms with Gasteiger partial charge in [-0.15, -0.1) is 0 Å². The highest BCUT2D eigenvalue weighted by atomic mass is 35.5. The van der Waals surface area contributed by atoms with E-state index in [0.29, 0.717) is 18.1 Å². The molecule has 0 saturated heterocycles. The van der Waals surface area contributed by atoms with Crippen LogP contribution in [0.1, 0.15) is 11.1 Å². The van der Waals surface area contributed by atoms with Crippen molar-refractivity contribution >= 4 is 11.6 Å². The van der Waals surface area contributed by atoms with Crippen LogP contribution >= 0.6 is 11.6 Å². The fraction of sp³-hybridized carbons (Fsp3) is 0.167. The van der Waals surface area contributed by atoms with Crippen molar-refractivity contribution in [1.29, 1.82) is 0 Å². The Bertz CT molecular complexity index is 454. The molecule has 2 rings (SSSR count). The lowest BCUT2D eigenvalue weighted by atomic mass is 10.2. The number of rotatable bonds is 4. The second-order valence-electron chi connectivity index (χ2n) is 3.48. The summed E-state index contributed by atoms with van der Waals surface area (Å²) in [5.74, 6) is 0.142. The van der Waals surface area contributed by atoms with Crippen LogP contribution in [0, 0.1) is 0 Å². The summed E-state index contributed by atoms with van der Waals surface area (Å²) in [6.45, 7) is 1.26. The van der Waals surface area contributed by atoms with Gasteiger partial charge in [0.05, 0.1) is 17.5 Å². The van der Waals surface area contributed by atoms with Gasteiger partial charge in [0.15, 0.2) is 0 Å². The van der Waals surface area contributed by atoms with E-state index in [1.54, 1.807) is 18.6 Å². The summed E-state index contributed by atoms with van der Waals surface area (Å²) in [4.78, 5) is 0. The summed E-state index contributed by atoms with van der Waals surface area (Å²) >= 11 is 5.80. The van der Waals surface area contributed by atoms with Gasteiger partial charge in [-0.2, -0.15) is 0 Å². The van der Waals surface area contributed by atoms with Crippen LogP contribution in [0.2, 0.25) is 5.02 Å². The van der Waals surface area contributed by atoms with Crippen LogP contribution in [-0.4, -0.2) is 5.11 Å². The molecular formula is C12H12ClNO2. The van der Waals surface area contributed by atoms with Gasteiger partial charge in [0, 0.05) is 24.2 Å². The van der Waals surface area contributed by atoms with E-state index in [1.165, 1.54) is 0 Å². The van der Waals surface area contributed by atoms with Crippen LogP contribution in [-0.2, 0) is 13.1 Å². The summed E-state index contributed by atoms with van der Waals surface area (Å²) < 4.78 is 4.95. The van der Waals surface area contributed by atoms with E-state index in [9.17, 15) is 5.11 Å². The van der Waals surface area contributed by atoms with Gasteiger partial charge >= 0.3 is 0 Å². The number of furan rings is 1. The number of para-hydroxylation sites is 1. The van der Waals surface area contributed by atoms with Crippen molar-refractivity contribution in [3.05, 3.63) is 52.9 Å². The second-order valence-corrected chi connectivity index (χ2v) is 3.89. The Morgan fingerprint density at radius 2 is 2.12 bits per heavy atom. The van der Waals surface area contributed by atoms with E-state index in [-0.39, 0.29) is 5.75 Å². The van der Waals surface area contributed by atoms with Gasteiger partial charge in [-0.25, -0.2) is 0 Å². The maximum absolute atomic E-state index is 9.66. The van der Waals surface area contributed by atoms with Gasteiger partial charge in [0.25, 0.3) is 0 Å². The Morgan fingerprint density at radius 1 is 1.25 bits per heavy atom. The number of aromatic hydroxyl groups is 1. The third-order valence-electron chi connectivity index (χ3n) is 2.30. The molecule has 2 aromatic rings. The summed E-state index contributed by atoms with van der Waals surface area (Å²) in [6, 6.07) is 7.21. The highest BCUT2D eigenvalue weighted by Crippen LogP contribution is 2.26. The number of phenolic OH excluding ortho intramolecular Hbond substituents is 1. The van der Waals surface area contributed by atoms with Gasteiger partial charge in [0.1, 0.15) is 5.75 Å². The average Bonchev–Trinajstić information content (AvgIpc) is 2.77. The molecule has 3 nitrogen and oxygen atoms in total. The van der Waals surface area contributed by atoms with Crippen molar-refractivity contribution in [3.8, 4) is 5.75 Å². The van der Waals surface area contributed by atoms with Gasteiger partial charge in [0.2, 0.25) is 0 Å². The van der Waals surface area contributed by atoms with E-state index in [1.807, 2.05) is 18.2 Å². The second kappa shape index (κ2) is 5.05. The van der Waals surface area contributed by atoms with Gasteiger partial charge in [-0.05, 0) is 12.1 Å². The van der Waals surface area contributed by atoms with Gasteiger partial charge < -0.3 is 14.8 Å². The van der Waals surface area contributed by atoms with Crippen molar-refractivity contribution in [2.45, 2.75) is 13.1 Å². The lowest BCUT2D eigenvalue weighted by Crippen LogP contribution is -2.12. The van der Waals surface area contributed by atoms with Crippen LogP contribution in [0.15, 0.2) is 41.2 Å². The molecule has 2 N–H and O–H groups in total. The molecule has 1 heterocycles. The largest absolute Gasteiger partial charge is 0.506 e. The summed E-state index contributed by atoms with van der Waals surface area (Å²) in [5.41, 5.74) is 1.86. The SMILES string of the molecule is Oc1c(Cl)cccc1CNCc1ccoc1. The van der Waals surface area contributed by atoms with Crippen molar-refractivity contribution < 1.29 is 9.52 Å². The molecule has 0 amide bonds. The Labute approximate surface area is 98.7 Å². The first-order valence-electron chi connectivity index (χ1n) is 4.95. The third kappa shape index (κ3) is 2.56. The quantitative estimate of drug-likeness (QED) is 0.860. The van der Waals surface area contributed by atoms with Crippen molar-refractivity contribution in [2.75, 3.05) is 0 Å². The van der Waals surface area contributed by atoms with Crippen LogP contribution in [0.25, 0.3) is 0 Å². The van der Waals surface area contributed by atoms with Crippen LogP contribution in [0.3, 0.4) is 0 Å². The predicted octanol–water partition coefficient (Wildman–Crippen LogP) is 2.93. The van der Waals surface area contributed by atoms with Crippen LogP contribution < -0.4 is 5.32 Å². The minimum Gasteiger partial charge on any atom is -0.506 e. The molecule has 0 bridgehead atoms. The monoisotopic (exact) mass is 237 g/mol. The van der Waals surface area contributed by atoms with Crippen molar-refractivity contribution in [1.82, 2.24) is 5.32 Å². The van der Waals surface area contributed by atoms with Crippen LogP contribution in [0.5, 0.6) is 5.75 Å². The zero-order valence-corrected chi connectivity index (χ0v) is 9.37. The molecule has 1 aromatic heterocycles. The molecule has 0 aliphatic carbocycles. The molecular weight excluding hydrogens is 226 g/mol. The zero-order chi connectivity index (χ0) is 11.4. The fourth-order valence-electron chi connectivity index (χ4n) is 1.44. The minimum atomic E-state index is 0.142. The number of nitrogens with one attached hydrogen (secondary N) is 1. The van der Waals surface area contributed by atoms with Crippen molar-refractivity contribution in [2.24, 2.45) is 0 Å². The van der Waals surface area contributed by atoms with E-state index in [2.05, 4.69) is 5.32 Å². The number of hydrogen-bond acceptors (Lipinski definition) is 3. The molecule has 16 heavy (non-hydrogen) atoms. The first-order chi connectivity index (χ1) is 7.77. The predicted molar refractivity (Wildman–Crippen MR) is 62.4 cm³/mol. The summed E-state index contributed by atoms with van der Waals surface area (Å²) in [5, 5.41) is 13.2. The van der Waals surface area contributed by atoms with Crippen LogP contribution in [0.4, 0.5) is 0 Å². The molecule has 0 unspecified atom stereocenters. The summed E-state index contributed by atoms with van der Waals surface area (Å²) in [7, 11) is 0. The normalized spacial score (nSPS) is 10.6. The molecule has 0 saturated carbocycles. The smallest absolute Gasteiger partial charge is 0.138 e. The van der Waals surface area contributed by atoms with E-state index >= 15 is 0 Å². The third-order valence-corrected chi connectivity index (χ3v) is 2.60. The molecule has 0 aliphatic heterocycles. The molecule has 0 spiro atoms. The molecule has 1 aromatic carbocycles. The van der Waals surface area contributed by atoms with E-state index in [0.717, 1.165) is 11.1 Å². The molecule has 0 aliphatic rings. The number of benzene rings is 1. The first kappa shape index (κ1) is 11.0. The minimum absolute atomic E-state index is 0.142. The average molecular weight is 238 g/mol. The van der Waals surface area contributed by atoms with Crippen molar-refractivity contribution in [3.63, 3.8) is 0 Å². The molecule has 4 heteroatoms. The summed E-state index contributed by atoms with van der Waals surface area (Å²) in [6.07, 6.45) is 3.32. The van der Waals surface area contributed by atoms with E-state index < -0.39 is 0 Å². The molecule has 0 radical (unpaired) electrons. The number of hydrogen-bond donors (Lipinski definition) is 2. The standard InChI is InChI=1S/C12H12ClNO2/c13-11-3-1-2-10(12(11)15)7-14-6-9-4-5-16-8-9/h1-5,8,14-15H,6-7H2. The molecule has 0 atom stereocenters. The topological polar surface area (TPSA) is 45.4 Å². The number of halogens is 1. The van der Waals surface area contributed by atoms with Gasteiger partial charge in [-0.1, -0.05) is 23.7 Å². The Kier molecular flexibility index (Phi) is 3.49. The maximum Gasteiger partial charge on any atom is 0.138 e. The lowest BCUT2D eigenvalue weighted by molar-refractivity contribution is 0.464. The van der Waals surface area contributed by atoms with E-state index in [4.69, 9.17) is 16.0 Å². The Balaban J connectivity index is 1.92. The maximum atomic E-state index is 9.66. The lowest BCUT2D eigenvalue weighted by Gasteiger charge is -2.06. The first-order valence-corrected chi connectivity index (χ1v) is 5.33. The zero-order valence-electron chi connectivity index (χ0n) is 8.61. The Hall–Kier alpha value is -1.45.